The van der Waals surface area contributed by atoms with Gasteiger partial charge in [0, 0.05) is 18.8 Å². The fraction of sp³-hybridized carbons (Fsp3) is 0.640. The summed E-state index contributed by atoms with van der Waals surface area (Å²) in [5.41, 5.74) is -0.539. The molecule has 0 aromatic heterocycles. The monoisotopic (exact) mass is 477 g/mol. The minimum atomic E-state index is -4.60. The Morgan fingerprint density at radius 1 is 1.03 bits per heavy atom. The quantitative estimate of drug-likeness (QED) is 0.0831. The van der Waals surface area contributed by atoms with Crippen molar-refractivity contribution in [2.75, 3.05) is 6.61 Å². The summed E-state index contributed by atoms with van der Waals surface area (Å²) in [4.78, 5) is 5.13. The number of allylic oxidation sites excluding steroid dienone is 1. The van der Waals surface area contributed by atoms with Gasteiger partial charge in [0.05, 0.1) is 17.9 Å². The van der Waals surface area contributed by atoms with Gasteiger partial charge in [-0.2, -0.15) is 13.2 Å². The van der Waals surface area contributed by atoms with Gasteiger partial charge in [-0.05, 0) is 37.1 Å². The van der Waals surface area contributed by atoms with E-state index in [1.165, 1.54) is 32.9 Å². The molecule has 188 valence electrons. The van der Waals surface area contributed by atoms with Crippen molar-refractivity contribution in [3.05, 3.63) is 41.7 Å². The van der Waals surface area contributed by atoms with Crippen molar-refractivity contribution in [1.82, 2.24) is 0 Å². The van der Waals surface area contributed by atoms with E-state index in [2.05, 4.69) is 18.7 Å². The average molecular weight is 478 g/mol. The summed E-state index contributed by atoms with van der Waals surface area (Å²) in [6.45, 7) is 10.3. The number of unbranched alkanes of at least 4 members (excludes halogenated alkanes) is 5. The van der Waals surface area contributed by atoms with Crippen molar-refractivity contribution in [2.24, 2.45) is 11.1 Å². The van der Waals surface area contributed by atoms with Crippen molar-refractivity contribution < 1.29 is 31.5 Å². The number of benzene rings is 1. The molecule has 0 fully saturated rings. The maximum atomic E-state index is 13.6. The molecule has 3 nitrogen and oxygen atoms in total. The summed E-state index contributed by atoms with van der Waals surface area (Å²) in [6.07, 6.45) is 0.696. The minimum Gasteiger partial charge on any atom is -0.493 e. The largest absolute Gasteiger partial charge is 0.493 e. The number of hydrogen-bond acceptors (Lipinski definition) is 3. The van der Waals surface area contributed by atoms with Crippen LogP contribution in [0.2, 0.25) is 0 Å². The van der Waals surface area contributed by atoms with Crippen LogP contribution in [0.15, 0.2) is 35.7 Å². The molecule has 33 heavy (non-hydrogen) atoms. The molecule has 0 aliphatic rings. The number of ether oxygens (including phenoxy) is 1. The third-order valence-electron chi connectivity index (χ3n) is 5.43. The fourth-order valence-electron chi connectivity index (χ4n) is 3.14. The number of oxime groups is 1. The lowest BCUT2D eigenvalue weighted by Gasteiger charge is -2.19. The molecule has 0 saturated heterocycles. The number of halogens is 5. The summed E-state index contributed by atoms with van der Waals surface area (Å²) in [5, 5.41) is 3.80. The van der Waals surface area contributed by atoms with E-state index in [1.807, 2.05) is 0 Å². The van der Waals surface area contributed by atoms with Gasteiger partial charge >= 0.3 is 6.18 Å². The molecule has 0 radical (unpaired) electrons. The molecule has 0 aliphatic heterocycles. The molecule has 0 unspecified atom stereocenters. The normalized spacial score (nSPS) is 13.7. The predicted molar refractivity (Wildman–Crippen MR) is 122 cm³/mol. The van der Waals surface area contributed by atoms with E-state index in [4.69, 9.17) is 9.57 Å². The van der Waals surface area contributed by atoms with Crippen molar-refractivity contribution in [2.45, 2.75) is 91.2 Å². The van der Waals surface area contributed by atoms with Crippen LogP contribution in [0.1, 0.15) is 90.2 Å². The number of rotatable bonds is 15. The van der Waals surface area contributed by atoms with Gasteiger partial charge in [-0.15, -0.1) is 0 Å². The number of nitrogens with zero attached hydrogens (tertiary/aromatic N) is 1. The van der Waals surface area contributed by atoms with Crippen molar-refractivity contribution in [3.8, 4) is 5.75 Å². The number of hydrogen-bond donors (Lipinski definition) is 0. The Bertz CT molecular complexity index is 775. The standard InChI is InChI=1S/C25H36F5NO2/c1-6-8-9-10-11-12-15-32-23-14-13-21(16-22(23)25(28,29)30)19(4)31-33-20(5)18(3)17-24(26,27)7-2/h13-14,16,18H,5-12,15,17H2,1-4H3/b31-19+/t18-/m0/s1. The Morgan fingerprint density at radius 2 is 1.67 bits per heavy atom. The molecule has 0 N–H and O–H groups in total. The maximum absolute atomic E-state index is 13.6. The fourth-order valence-corrected chi connectivity index (χ4v) is 3.14. The second kappa shape index (κ2) is 13.6. The van der Waals surface area contributed by atoms with Crippen molar-refractivity contribution in [1.29, 1.82) is 0 Å². The predicted octanol–water partition coefficient (Wildman–Crippen LogP) is 8.77. The van der Waals surface area contributed by atoms with Crippen LogP contribution in [0.5, 0.6) is 5.75 Å². The van der Waals surface area contributed by atoms with Gasteiger partial charge in [0.1, 0.15) is 11.5 Å². The summed E-state index contributed by atoms with van der Waals surface area (Å²) >= 11 is 0. The molecule has 8 heteroatoms. The molecular formula is C25H36F5NO2. The van der Waals surface area contributed by atoms with Gasteiger partial charge in [0.25, 0.3) is 0 Å². The molecule has 1 aromatic carbocycles. The molecule has 0 aliphatic carbocycles. The van der Waals surface area contributed by atoms with E-state index in [0.717, 1.165) is 38.2 Å². The second-order valence-electron chi connectivity index (χ2n) is 8.37. The first-order chi connectivity index (χ1) is 15.4. The van der Waals surface area contributed by atoms with Crippen molar-refractivity contribution in [3.63, 3.8) is 0 Å². The van der Waals surface area contributed by atoms with E-state index >= 15 is 0 Å². The van der Waals surface area contributed by atoms with Gasteiger partial charge < -0.3 is 9.57 Å². The minimum absolute atomic E-state index is 0.0254. The van der Waals surface area contributed by atoms with E-state index in [9.17, 15) is 22.0 Å². The summed E-state index contributed by atoms with van der Waals surface area (Å²) in [6, 6.07) is 3.69. The lowest BCUT2D eigenvalue weighted by atomic mass is 10.00. The molecule has 0 heterocycles. The van der Waals surface area contributed by atoms with Crippen LogP contribution >= 0.6 is 0 Å². The van der Waals surface area contributed by atoms with Gasteiger partial charge in [-0.25, -0.2) is 8.78 Å². The Morgan fingerprint density at radius 3 is 2.27 bits per heavy atom. The van der Waals surface area contributed by atoms with E-state index in [1.54, 1.807) is 0 Å². The van der Waals surface area contributed by atoms with Gasteiger partial charge in [-0.3, -0.25) is 0 Å². The first kappa shape index (κ1) is 28.9. The Kier molecular flexibility index (Phi) is 11.9. The van der Waals surface area contributed by atoms with E-state index < -0.39 is 30.0 Å². The lowest BCUT2D eigenvalue weighted by Crippen LogP contribution is -2.19. The molecule has 1 aromatic rings. The highest BCUT2D eigenvalue weighted by molar-refractivity contribution is 5.98. The van der Waals surface area contributed by atoms with Crippen LogP contribution in [0.3, 0.4) is 0 Å². The summed E-state index contributed by atoms with van der Waals surface area (Å²) in [5.74, 6) is -3.72. The second-order valence-corrected chi connectivity index (χ2v) is 8.37. The van der Waals surface area contributed by atoms with E-state index in [0.29, 0.717) is 6.42 Å². The SMILES string of the molecule is C=C(O/N=C(\C)c1ccc(OCCCCCCCC)c(C(F)(F)F)c1)[C@@H](C)CC(F)(F)CC. The molecule has 0 spiro atoms. The van der Waals surface area contributed by atoms with Gasteiger partial charge in [0.15, 0.2) is 0 Å². The third-order valence-corrected chi connectivity index (χ3v) is 5.43. The number of alkyl halides is 5. The smallest absolute Gasteiger partial charge is 0.419 e. The maximum Gasteiger partial charge on any atom is 0.419 e. The Labute approximate surface area is 194 Å². The zero-order valence-corrected chi connectivity index (χ0v) is 20.0. The zero-order valence-electron chi connectivity index (χ0n) is 20.0. The summed E-state index contributed by atoms with van der Waals surface area (Å²) < 4.78 is 73.3. The van der Waals surface area contributed by atoms with Crippen LogP contribution in [0, 0.1) is 5.92 Å². The first-order valence-electron chi connectivity index (χ1n) is 11.5. The highest BCUT2D eigenvalue weighted by Crippen LogP contribution is 2.37. The lowest BCUT2D eigenvalue weighted by molar-refractivity contribution is -0.139. The van der Waals surface area contributed by atoms with Crippen LogP contribution in [0.25, 0.3) is 0 Å². The molecule has 0 bridgehead atoms. The molecule has 1 atom stereocenters. The highest BCUT2D eigenvalue weighted by atomic mass is 19.4. The Hall–Kier alpha value is -2.12. The van der Waals surface area contributed by atoms with Gasteiger partial charge in [0.2, 0.25) is 5.92 Å². The zero-order chi connectivity index (χ0) is 25.1. The molecule has 0 amide bonds. The average Bonchev–Trinajstić information content (AvgIpc) is 2.75. The molecular weight excluding hydrogens is 441 g/mol. The van der Waals surface area contributed by atoms with Crippen LogP contribution in [0.4, 0.5) is 22.0 Å². The molecule has 1 rings (SSSR count). The van der Waals surface area contributed by atoms with Crippen LogP contribution in [-0.4, -0.2) is 18.2 Å². The third kappa shape index (κ3) is 10.6. The van der Waals surface area contributed by atoms with E-state index in [-0.39, 0.29) is 35.8 Å². The molecule has 0 saturated carbocycles. The van der Waals surface area contributed by atoms with Crippen LogP contribution in [-0.2, 0) is 11.0 Å². The first-order valence-corrected chi connectivity index (χ1v) is 11.5. The van der Waals surface area contributed by atoms with Crippen LogP contribution < -0.4 is 4.74 Å². The topological polar surface area (TPSA) is 30.8 Å². The highest BCUT2D eigenvalue weighted by Gasteiger charge is 2.35. The van der Waals surface area contributed by atoms with Gasteiger partial charge in [-0.1, -0.05) is 64.6 Å². The summed E-state index contributed by atoms with van der Waals surface area (Å²) in [7, 11) is 0. The Balaban J connectivity index is 2.81. The van der Waals surface area contributed by atoms with Crippen molar-refractivity contribution >= 4 is 5.71 Å².